The van der Waals surface area contributed by atoms with E-state index in [1.165, 1.54) is 6.07 Å². The fraction of sp³-hybridized carbons (Fsp3) is 0.200. The number of anilines is 2. The van der Waals surface area contributed by atoms with Crippen molar-refractivity contribution in [1.29, 1.82) is 0 Å². The Morgan fingerprint density at radius 1 is 1.00 bits per heavy atom. The molecule has 0 saturated heterocycles. The number of nitrogens with one attached hydrogen (secondary N) is 1. The van der Waals surface area contributed by atoms with E-state index < -0.39 is 0 Å². The quantitative estimate of drug-likeness (QED) is 0.885. The van der Waals surface area contributed by atoms with Crippen molar-refractivity contribution in [2.45, 2.75) is 6.54 Å². The van der Waals surface area contributed by atoms with Gasteiger partial charge in [0, 0.05) is 37.6 Å². The Bertz CT molecular complexity index is 506. The molecule has 2 nitrogen and oxygen atoms in total. The second kappa shape index (κ2) is 5.54. The van der Waals surface area contributed by atoms with Crippen LogP contribution in [0.25, 0.3) is 0 Å². The fourth-order valence-electron chi connectivity index (χ4n) is 1.72. The highest BCUT2D eigenvalue weighted by Crippen LogP contribution is 2.17. The summed E-state index contributed by atoms with van der Waals surface area (Å²) < 4.78 is 13.4. The van der Waals surface area contributed by atoms with Crippen molar-refractivity contribution >= 4 is 11.4 Å². The lowest BCUT2D eigenvalue weighted by molar-refractivity contribution is 0.613. The van der Waals surface area contributed by atoms with Crippen molar-refractivity contribution in [2.75, 3.05) is 24.3 Å². The first-order valence-corrected chi connectivity index (χ1v) is 5.91. The molecule has 2 rings (SSSR count). The number of rotatable bonds is 4. The third-order valence-electron chi connectivity index (χ3n) is 2.82. The molecule has 0 aliphatic carbocycles. The fourth-order valence-corrected chi connectivity index (χ4v) is 1.72. The number of hydrogen-bond donors (Lipinski definition) is 1. The van der Waals surface area contributed by atoms with Crippen LogP contribution in [0.1, 0.15) is 5.56 Å². The average Bonchev–Trinajstić information content (AvgIpc) is 2.38. The topological polar surface area (TPSA) is 15.3 Å². The van der Waals surface area contributed by atoms with E-state index in [1.807, 2.05) is 49.3 Å². The molecule has 0 heterocycles. The summed E-state index contributed by atoms with van der Waals surface area (Å²) in [6.07, 6.45) is 0. The molecule has 0 aliphatic heterocycles. The summed E-state index contributed by atoms with van der Waals surface area (Å²) in [5.74, 6) is -0.171. The SMILES string of the molecule is CN(C)c1ccc(NCc2ccccc2F)cc1. The van der Waals surface area contributed by atoms with Gasteiger partial charge in [0.25, 0.3) is 0 Å². The van der Waals surface area contributed by atoms with Crippen LogP contribution in [-0.2, 0) is 6.54 Å². The van der Waals surface area contributed by atoms with E-state index in [0.29, 0.717) is 12.1 Å². The summed E-state index contributed by atoms with van der Waals surface area (Å²) in [4.78, 5) is 2.04. The largest absolute Gasteiger partial charge is 0.381 e. The predicted molar refractivity (Wildman–Crippen MR) is 74.5 cm³/mol. The minimum atomic E-state index is -0.171. The highest BCUT2D eigenvalue weighted by atomic mass is 19.1. The maximum atomic E-state index is 13.4. The Morgan fingerprint density at radius 2 is 1.67 bits per heavy atom. The summed E-state index contributed by atoms with van der Waals surface area (Å²) in [6, 6.07) is 14.9. The first-order valence-electron chi connectivity index (χ1n) is 5.91. The van der Waals surface area contributed by atoms with E-state index in [4.69, 9.17) is 0 Å². The Hall–Kier alpha value is -2.03. The molecule has 94 valence electrons. The summed E-state index contributed by atoms with van der Waals surface area (Å²) in [5, 5.41) is 3.21. The van der Waals surface area contributed by atoms with Gasteiger partial charge in [-0.15, -0.1) is 0 Å². The number of halogens is 1. The Morgan fingerprint density at radius 3 is 2.28 bits per heavy atom. The van der Waals surface area contributed by atoms with Crippen LogP contribution >= 0.6 is 0 Å². The van der Waals surface area contributed by atoms with Crippen molar-refractivity contribution in [1.82, 2.24) is 0 Å². The van der Waals surface area contributed by atoms with Crippen LogP contribution in [0.2, 0.25) is 0 Å². The molecule has 0 amide bonds. The maximum Gasteiger partial charge on any atom is 0.128 e. The average molecular weight is 244 g/mol. The third kappa shape index (κ3) is 3.00. The Kier molecular flexibility index (Phi) is 3.82. The molecule has 0 bridgehead atoms. The van der Waals surface area contributed by atoms with Gasteiger partial charge in [0.2, 0.25) is 0 Å². The molecule has 0 aromatic heterocycles. The first-order chi connectivity index (χ1) is 8.66. The lowest BCUT2D eigenvalue weighted by Gasteiger charge is -2.13. The molecule has 2 aromatic rings. The zero-order chi connectivity index (χ0) is 13.0. The second-order valence-corrected chi connectivity index (χ2v) is 4.39. The third-order valence-corrected chi connectivity index (χ3v) is 2.82. The molecule has 0 spiro atoms. The van der Waals surface area contributed by atoms with Gasteiger partial charge in [0.15, 0.2) is 0 Å². The molecule has 0 saturated carbocycles. The van der Waals surface area contributed by atoms with E-state index in [9.17, 15) is 4.39 Å². The van der Waals surface area contributed by atoms with Gasteiger partial charge < -0.3 is 10.2 Å². The Balaban J connectivity index is 2.00. The van der Waals surface area contributed by atoms with E-state index >= 15 is 0 Å². The molecule has 0 atom stereocenters. The van der Waals surface area contributed by atoms with Crippen molar-refractivity contribution in [2.24, 2.45) is 0 Å². The molecule has 0 radical (unpaired) electrons. The standard InChI is InChI=1S/C15H17FN2/c1-18(2)14-9-7-13(8-10-14)17-11-12-5-3-4-6-15(12)16/h3-10,17H,11H2,1-2H3. The number of benzene rings is 2. The van der Waals surface area contributed by atoms with Gasteiger partial charge >= 0.3 is 0 Å². The summed E-state index contributed by atoms with van der Waals surface area (Å²) in [5.41, 5.74) is 2.81. The van der Waals surface area contributed by atoms with E-state index in [0.717, 1.165) is 11.4 Å². The first kappa shape index (κ1) is 12.4. The van der Waals surface area contributed by atoms with Crippen LogP contribution in [0, 0.1) is 5.82 Å². The highest BCUT2D eigenvalue weighted by Gasteiger charge is 2.00. The summed E-state index contributed by atoms with van der Waals surface area (Å²) >= 11 is 0. The molecule has 0 fully saturated rings. The zero-order valence-corrected chi connectivity index (χ0v) is 10.7. The van der Waals surface area contributed by atoms with Gasteiger partial charge in [-0.05, 0) is 30.3 Å². The monoisotopic (exact) mass is 244 g/mol. The van der Waals surface area contributed by atoms with Gasteiger partial charge in [-0.25, -0.2) is 4.39 Å². The Labute approximate surface area is 107 Å². The molecule has 18 heavy (non-hydrogen) atoms. The van der Waals surface area contributed by atoms with E-state index in [1.54, 1.807) is 12.1 Å². The summed E-state index contributed by atoms with van der Waals surface area (Å²) in [6.45, 7) is 0.494. The van der Waals surface area contributed by atoms with Crippen molar-refractivity contribution in [3.05, 3.63) is 59.9 Å². The summed E-state index contributed by atoms with van der Waals surface area (Å²) in [7, 11) is 4.00. The zero-order valence-electron chi connectivity index (χ0n) is 10.7. The number of hydrogen-bond acceptors (Lipinski definition) is 2. The predicted octanol–water partition coefficient (Wildman–Crippen LogP) is 3.50. The second-order valence-electron chi connectivity index (χ2n) is 4.39. The van der Waals surface area contributed by atoms with Crippen LogP contribution < -0.4 is 10.2 Å². The van der Waals surface area contributed by atoms with Crippen molar-refractivity contribution in [3.63, 3.8) is 0 Å². The van der Waals surface area contributed by atoms with Crippen LogP contribution in [0.4, 0.5) is 15.8 Å². The van der Waals surface area contributed by atoms with Gasteiger partial charge in [-0.3, -0.25) is 0 Å². The lowest BCUT2D eigenvalue weighted by atomic mass is 10.2. The van der Waals surface area contributed by atoms with Gasteiger partial charge in [-0.2, -0.15) is 0 Å². The molecule has 0 unspecified atom stereocenters. The molecule has 2 aromatic carbocycles. The van der Waals surface area contributed by atoms with Gasteiger partial charge in [0.1, 0.15) is 5.82 Å². The minimum absolute atomic E-state index is 0.171. The normalized spacial score (nSPS) is 10.2. The van der Waals surface area contributed by atoms with Crippen LogP contribution in [0.3, 0.4) is 0 Å². The highest BCUT2D eigenvalue weighted by molar-refractivity contribution is 5.54. The van der Waals surface area contributed by atoms with E-state index in [2.05, 4.69) is 5.32 Å². The minimum Gasteiger partial charge on any atom is -0.381 e. The number of nitrogens with zero attached hydrogens (tertiary/aromatic N) is 1. The molecule has 0 aliphatic rings. The van der Waals surface area contributed by atoms with Gasteiger partial charge in [0.05, 0.1) is 0 Å². The van der Waals surface area contributed by atoms with E-state index in [-0.39, 0.29) is 5.82 Å². The molecular formula is C15H17FN2. The van der Waals surface area contributed by atoms with Gasteiger partial charge in [-0.1, -0.05) is 18.2 Å². The maximum absolute atomic E-state index is 13.4. The lowest BCUT2D eigenvalue weighted by Crippen LogP contribution is -2.08. The molecule has 1 N–H and O–H groups in total. The smallest absolute Gasteiger partial charge is 0.128 e. The molecule has 3 heteroatoms. The van der Waals surface area contributed by atoms with Crippen LogP contribution in [0.5, 0.6) is 0 Å². The van der Waals surface area contributed by atoms with Crippen LogP contribution in [-0.4, -0.2) is 14.1 Å². The van der Waals surface area contributed by atoms with Crippen LogP contribution in [0.15, 0.2) is 48.5 Å². The molecular weight excluding hydrogens is 227 g/mol. The van der Waals surface area contributed by atoms with Crippen molar-refractivity contribution in [3.8, 4) is 0 Å². The van der Waals surface area contributed by atoms with Crippen molar-refractivity contribution < 1.29 is 4.39 Å².